The number of hydrogen-bond donors (Lipinski definition) is 3. The fraction of sp³-hybridized carbons (Fsp3) is 0.500. The van der Waals surface area contributed by atoms with Crippen molar-refractivity contribution in [2.45, 2.75) is 13.0 Å². The van der Waals surface area contributed by atoms with Crippen LogP contribution in [0.4, 0.5) is 11.8 Å². The van der Waals surface area contributed by atoms with Gasteiger partial charge in [0.25, 0.3) is 0 Å². The number of carbonyl (C=O) groups is 1. The van der Waals surface area contributed by atoms with Gasteiger partial charge in [0.15, 0.2) is 5.82 Å². The standard InChI is InChI=1S/C10H16ClN5O2/c1-6(9(17)13-3-4-18-2)15-8-7(11)5-14-10(12)16-8/h5-6H,3-4H2,1-2H3,(H,13,17)(H3,12,14,15,16). The summed E-state index contributed by atoms with van der Waals surface area (Å²) in [6.45, 7) is 2.59. The van der Waals surface area contributed by atoms with Gasteiger partial charge >= 0.3 is 0 Å². The molecule has 1 atom stereocenters. The van der Waals surface area contributed by atoms with Crippen molar-refractivity contribution in [1.29, 1.82) is 0 Å². The second-order valence-electron chi connectivity index (χ2n) is 3.57. The van der Waals surface area contributed by atoms with Crippen molar-refractivity contribution < 1.29 is 9.53 Å². The number of aromatic nitrogens is 2. The topological polar surface area (TPSA) is 102 Å². The van der Waals surface area contributed by atoms with Crippen LogP contribution in [0.3, 0.4) is 0 Å². The largest absolute Gasteiger partial charge is 0.383 e. The molecule has 100 valence electrons. The van der Waals surface area contributed by atoms with E-state index < -0.39 is 6.04 Å². The van der Waals surface area contributed by atoms with E-state index in [0.29, 0.717) is 24.0 Å². The molecule has 0 aromatic carbocycles. The molecule has 8 heteroatoms. The number of anilines is 2. The molecule has 1 aromatic rings. The van der Waals surface area contributed by atoms with Crippen molar-refractivity contribution in [2.24, 2.45) is 0 Å². The second-order valence-corrected chi connectivity index (χ2v) is 3.98. The molecule has 0 bridgehead atoms. The van der Waals surface area contributed by atoms with E-state index in [0.717, 1.165) is 0 Å². The fourth-order valence-corrected chi connectivity index (χ4v) is 1.33. The Morgan fingerprint density at radius 2 is 2.39 bits per heavy atom. The molecule has 0 aliphatic rings. The van der Waals surface area contributed by atoms with Gasteiger partial charge < -0.3 is 21.1 Å². The summed E-state index contributed by atoms with van der Waals surface area (Å²) in [5.74, 6) is 0.243. The molecule has 1 heterocycles. The SMILES string of the molecule is COCCNC(=O)C(C)Nc1nc(N)ncc1Cl. The summed E-state index contributed by atoms with van der Waals surface area (Å²) < 4.78 is 4.83. The van der Waals surface area contributed by atoms with E-state index in [9.17, 15) is 4.79 Å². The molecule has 4 N–H and O–H groups in total. The molecule has 7 nitrogen and oxygen atoms in total. The van der Waals surface area contributed by atoms with Crippen LogP contribution in [0.1, 0.15) is 6.92 Å². The third-order valence-electron chi connectivity index (χ3n) is 2.11. The first-order chi connectivity index (χ1) is 8.54. The van der Waals surface area contributed by atoms with Gasteiger partial charge in [-0.1, -0.05) is 11.6 Å². The molecule has 1 unspecified atom stereocenters. The molecule has 1 rings (SSSR count). The van der Waals surface area contributed by atoms with Crippen LogP contribution in [-0.2, 0) is 9.53 Å². The lowest BCUT2D eigenvalue weighted by atomic mass is 10.3. The van der Waals surface area contributed by atoms with E-state index in [1.165, 1.54) is 6.20 Å². The Morgan fingerprint density at radius 1 is 1.67 bits per heavy atom. The summed E-state index contributed by atoms with van der Waals surface area (Å²) in [6, 6.07) is -0.492. The summed E-state index contributed by atoms with van der Waals surface area (Å²) in [7, 11) is 1.57. The maximum atomic E-state index is 11.7. The first kappa shape index (κ1) is 14.5. The van der Waals surface area contributed by atoms with E-state index in [-0.39, 0.29) is 11.9 Å². The van der Waals surface area contributed by atoms with Gasteiger partial charge in [-0.25, -0.2) is 4.98 Å². The zero-order valence-corrected chi connectivity index (χ0v) is 11.0. The lowest BCUT2D eigenvalue weighted by Gasteiger charge is -2.15. The van der Waals surface area contributed by atoms with Crippen LogP contribution in [0.2, 0.25) is 5.02 Å². The highest BCUT2D eigenvalue weighted by Crippen LogP contribution is 2.18. The van der Waals surface area contributed by atoms with Crippen molar-refractivity contribution in [2.75, 3.05) is 31.3 Å². The third-order valence-corrected chi connectivity index (χ3v) is 2.39. The van der Waals surface area contributed by atoms with Gasteiger partial charge in [0.1, 0.15) is 11.1 Å². The number of amides is 1. The normalized spacial score (nSPS) is 11.9. The average Bonchev–Trinajstić information content (AvgIpc) is 2.34. The molecule has 1 aromatic heterocycles. The molecule has 18 heavy (non-hydrogen) atoms. The Labute approximate surface area is 110 Å². The molecule has 0 aliphatic carbocycles. The van der Waals surface area contributed by atoms with Crippen LogP contribution in [-0.4, -0.2) is 42.2 Å². The van der Waals surface area contributed by atoms with E-state index in [1.54, 1.807) is 14.0 Å². The minimum atomic E-state index is -0.492. The van der Waals surface area contributed by atoms with Gasteiger partial charge in [0.2, 0.25) is 11.9 Å². The first-order valence-corrected chi connectivity index (χ1v) is 5.73. The smallest absolute Gasteiger partial charge is 0.242 e. The van der Waals surface area contributed by atoms with Crippen LogP contribution in [0.5, 0.6) is 0 Å². The minimum absolute atomic E-state index is 0.0916. The number of methoxy groups -OCH3 is 1. The molecule has 0 radical (unpaired) electrons. The number of rotatable bonds is 6. The Bertz CT molecular complexity index is 415. The van der Waals surface area contributed by atoms with Gasteiger partial charge in [-0.3, -0.25) is 4.79 Å². The van der Waals surface area contributed by atoms with Crippen LogP contribution in [0.25, 0.3) is 0 Å². The monoisotopic (exact) mass is 273 g/mol. The Kier molecular flexibility index (Phi) is 5.60. The number of nitrogens with zero attached hydrogens (tertiary/aromatic N) is 2. The van der Waals surface area contributed by atoms with Crippen molar-refractivity contribution in [3.8, 4) is 0 Å². The quantitative estimate of drug-likeness (QED) is 0.643. The Hall–Kier alpha value is -1.60. The minimum Gasteiger partial charge on any atom is -0.383 e. The highest BCUT2D eigenvalue weighted by molar-refractivity contribution is 6.32. The van der Waals surface area contributed by atoms with Crippen LogP contribution >= 0.6 is 11.6 Å². The lowest BCUT2D eigenvalue weighted by molar-refractivity contribution is -0.121. The molecular formula is C10H16ClN5O2. The molecule has 0 saturated carbocycles. The van der Waals surface area contributed by atoms with E-state index >= 15 is 0 Å². The summed E-state index contributed by atoms with van der Waals surface area (Å²) in [5.41, 5.74) is 5.44. The van der Waals surface area contributed by atoms with Gasteiger partial charge in [0, 0.05) is 13.7 Å². The Morgan fingerprint density at radius 3 is 3.06 bits per heavy atom. The van der Waals surface area contributed by atoms with Gasteiger partial charge in [0.05, 0.1) is 12.8 Å². The van der Waals surface area contributed by atoms with Crippen LogP contribution in [0.15, 0.2) is 6.20 Å². The predicted octanol–water partition coefficient (Wildman–Crippen LogP) is 0.275. The number of halogens is 1. The van der Waals surface area contributed by atoms with Crippen molar-refractivity contribution in [3.63, 3.8) is 0 Å². The summed E-state index contributed by atoms with van der Waals surface area (Å²) >= 11 is 5.88. The zero-order chi connectivity index (χ0) is 13.5. The van der Waals surface area contributed by atoms with E-state index in [4.69, 9.17) is 22.1 Å². The lowest BCUT2D eigenvalue weighted by Crippen LogP contribution is -2.39. The fourth-order valence-electron chi connectivity index (χ4n) is 1.18. The third kappa shape index (κ3) is 4.34. The van der Waals surface area contributed by atoms with Crippen LogP contribution < -0.4 is 16.4 Å². The molecule has 0 aliphatic heterocycles. The molecule has 0 spiro atoms. The molecule has 0 fully saturated rings. The molecule has 1 amide bonds. The van der Waals surface area contributed by atoms with Crippen molar-refractivity contribution in [1.82, 2.24) is 15.3 Å². The maximum absolute atomic E-state index is 11.7. The number of ether oxygens (including phenoxy) is 1. The number of hydrogen-bond acceptors (Lipinski definition) is 6. The molecule has 0 saturated heterocycles. The molecular weight excluding hydrogens is 258 g/mol. The van der Waals surface area contributed by atoms with Gasteiger partial charge in [-0.05, 0) is 6.92 Å². The second kappa shape index (κ2) is 6.97. The highest BCUT2D eigenvalue weighted by Gasteiger charge is 2.14. The van der Waals surface area contributed by atoms with Gasteiger partial charge in [-0.2, -0.15) is 4.98 Å². The Balaban J connectivity index is 2.55. The summed E-state index contributed by atoms with van der Waals surface area (Å²) in [5, 5.41) is 5.86. The van der Waals surface area contributed by atoms with Gasteiger partial charge in [-0.15, -0.1) is 0 Å². The average molecular weight is 274 g/mol. The predicted molar refractivity (Wildman–Crippen MR) is 69.4 cm³/mol. The van der Waals surface area contributed by atoms with Crippen LogP contribution in [0, 0.1) is 0 Å². The summed E-state index contributed by atoms with van der Waals surface area (Å²) in [6.07, 6.45) is 1.38. The number of nitrogens with one attached hydrogen (secondary N) is 2. The number of nitrogen functional groups attached to an aromatic ring is 1. The highest BCUT2D eigenvalue weighted by atomic mass is 35.5. The first-order valence-electron chi connectivity index (χ1n) is 5.35. The number of nitrogens with two attached hydrogens (primary N) is 1. The van der Waals surface area contributed by atoms with Crippen molar-refractivity contribution in [3.05, 3.63) is 11.2 Å². The van der Waals surface area contributed by atoms with Crippen molar-refractivity contribution >= 4 is 29.3 Å². The zero-order valence-electron chi connectivity index (χ0n) is 10.2. The maximum Gasteiger partial charge on any atom is 0.242 e. The summed E-state index contributed by atoms with van der Waals surface area (Å²) in [4.78, 5) is 19.3. The van der Waals surface area contributed by atoms with E-state index in [2.05, 4.69) is 20.6 Å². The number of carbonyl (C=O) groups excluding carboxylic acids is 1. The van der Waals surface area contributed by atoms with E-state index in [1.807, 2.05) is 0 Å².